The summed E-state index contributed by atoms with van der Waals surface area (Å²) in [4.78, 5) is 4.37. The van der Waals surface area contributed by atoms with Gasteiger partial charge in [-0.1, -0.05) is 35.9 Å². The van der Waals surface area contributed by atoms with E-state index < -0.39 is 46.5 Å². The van der Waals surface area contributed by atoms with Crippen LogP contribution in [-0.2, 0) is 19.0 Å². The molecule has 1 aromatic heterocycles. The van der Waals surface area contributed by atoms with Crippen molar-refractivity contribution in [3.63, 3.8) is 0 Å². The zero-order valence-electron chi connectivity index (χ0n) is 20.2. The molecule has 0 atom stereocenters. The van der Waals surface area contributed by atoms with Gasteiger partial charge in [0.2, 0.25) is 0 Å². The first-order valence-electron chi connectivity index (χ1n) is 11.7. The van der Waals surface area contributed by atoms with Crippen LogP contribution < -0.4 is 4.74 Å². The Kier molecular flexibility index (Phi) is 7.07. The molecule has 0 radical (unpaired) electrons. The number of halogens is 7. The van der Waals surface area contributed by atoms with Crippen molar-refractivity contribution in [3.05, 3.63) is 118 Å². The minimum absolute atomic E-state index is 0.0779. The first-order valence-corrected chi connectivity index (χ1v) is 12.5. The van der Waals surface area contributed by atoms with E-state index in [2.05, 4.69) is 21.9 Å². The van der Waals surface area contributed by atoms with Crippen LogP contribution >= 0.6 is 11.3 Å². The van der Waals surface area contributed by atoms with Gasteiger partial charge in [0.25, 0.3) is 0 Å². The van der Waals surface area contributed by atoms with Crippen molar-refractivity contribution in [2.75, 3.05) is 0 Å². The van der Waals surface area contributed by atoms with Crippen LogP contribution in [0.25, 0.3) is 20.8 Å². The van der Waals surface area contributed by atoms with E-state index in [-0.39, 0.29) is 22.7 Å². The van der Waals surface area contributed by atoms with Crippen molar-refractivity contribution in [2.45, 2.75) is 25.9 Å². The molecule has 0 bridgehead atoms. The van der Waals surface area contributed by atoms with Crippen LogP contribution in [0.15, 0.2) is 66.7 Å². The Morgan fingerprint density at radius 1 is 0.744 bits per heavy atom. The first kappa shape index (κ1) is 26.7. The Labute approximate surface area is 222 Å². The Bertz CT molecular complexity index is 1640. The molecule has 0 spiro atoms. The van der Waals surface area contributed by atoms with Crippen LogP contribution in [0.1, 0.15) is 22.3 Å². The highest BCUT2D eigenvalue weighted by Crippen LogP contribution is 2.39. The number of fused-ring (bicyclic) bond motifs is 1. The molecule has 0 aliphatic heterocycles. The lowest BCUT2D eigenvalue weighted by Crippen LogP contribution is -2.25. The second-order valence-electron chi connectivity index (χ2n) is 8.94. The lowest BCUT2D eigenvalue weighted by atomic mass is 10.0. The van der Waals surface area contributed by atoms with Crippen molar-refractivity contribution >= 4 is 21.6 Å². The van der Waals surface area contributed by atoms with Crippen molar-refractivity contribution in [3.8, 4) is 16.3 Å². The predicted octanol–water partition coefficient (Wildman–Crippen LogP) is 8.88. The van der Waals surface area contributed by atoms with Crippen molar-refractivity contribution in [1.29, 1.82) is 0 Å². The minimum Gasteiger partial charge on any atom is -0.429 e. The van der Waals surface area contributed by atoms with Crippen LogP contribution in [0.2, 0.25) is 0 Å². The summed E-state index contributed by atoms with van der Waals surface area (Å²) >= 11 is 1.14. The SMILES string of the molecule is Cc1ccc(CCc2ccc3nc(-c4cc(F)c(C(F)(F)Oc5cc(F)c(F)c(F)c5)c(F)c4)sc3c2)cc1. The maximum absolute atomic E-state index is 14.8. The van der Waals surface area contributed by atoms with Gasteiger partial charge in [-0.3, -0.25) is 0 Å². The minimum atomic E-state index is -4.66. The normalized spacial score (nSPS) is 11.8. The molecule has 10 heteroatoms. The van der Waals surface area contributed by atoms with Crippen LogP contribution in [0, 0.1) is 36.0 Å². The monoisotopic (exact) mass is 561 g/mol. The fourth-order valence-corrected chi connectivity index (χ4v) is 5.07. The van der Waals surface area contributed by atoms with E-state index in [4.69, 9.17) is 0 Å². The van der Waals surface area contributed by atoms with Gasteiger partial charge in [0.05, 0.1) is 10.2 Å². The summed E-state index contributed by atoms with van der Waals surface area (Å²) in [5, 5.41) is 0.206. The lowest BCUT2D eigenvalue weighted by molar-refractivity contribution is -0.189. The Hall–Kier alpha value is -3.92. The maximum Gasteiger partial charge on any atom is 0.432 e. The molecule has 5 aromatic rings. The number of benzene rings is 4. The summed E-state index contributed by atoms with van der Waals surface area (Å²) < 4.78 is 104. The molecule has 0 fully saturated rings. The van der Waals surface area contributed by atoms with Gasteiger partial charge in [0.15, 0.2) is 17.5 Å². The van der Waals surface area contributed by atoms with E-state index in [0.29, 0.717) is 17.6 Å². The molecule has 0 aliphatic carbocycles. The summed E-state index contributed by atoms with van der Waals surface area (Å²) in [6.07, 6.45) is -3.08. The molecule has 5 rings (SSSR count). The summed E-state index contributed by atoms with van der Waals surface area (Å²) in [6, 6.07) is 15.5. The van der Waals surface area contributed by atoms with Gasteiger partial charge < -0.3 is 4.74 Å². The van der Waals surface area contributed by atoms with Crippen LogP contribution in [0.5, 0.6) is 5.75 Å². The molecule has 4 aromatic carbocycles. The van der Waals surface area contributed by atoms with Gasteiger partial charge in [-0.15, -0.1) is 11.3 Å². The van der Waals surface area contributed by atoms with E-state index in [9.17, 15) is 30.7 Å². The molecule has 39 heavy (non-hydrogen) atoms. The molecular weight excluding hydrogens is 543 g/mol. The van der Waals surface area contributed by atoms with Gasteiger partial charge >= 0.3 is 6.11 Å². The fourth-order valence-electron chi connectivity index (χ4n) is 4.06. The van der Waals surface area contributed by atoms with Gasteiger partial charge in [-0.2, -0.15) is 8.78 Å². The van der Waals surface area contributed by atoms with E-state index in [1.165, 1.54) is 11.1 Å². The van der Waals surface area contributed by atoms with E-state index >= 15 is 0 Å². The number of hydrogen-bond acceptors (Lipinski definition) is 3. The molecule has 2 nitrogen and oxygen atoms in total. The third-order valence-electron chi connectivity index (χ3n) is 6.06. The smallest absolute Gasteiger partial charge is 0.429 e. The maximum atomic E-state index is 14.8. The Morgan fingerprint density at radius 2 is 1.33 bits per heavy atom. The average molecular weight is 562 g/mol. The molecule has 0 saturated heterocycles. The number of thiazole rings is 1. The molecule has 1 heterocycles. The molecule has 0 N–H and O–H groups in total. The summed E-state index contributed by atoms with van der Waals surface area (Å²) in [5.74, 6) is -9.96. The number of alkyl halides is 2. The number of aromatic nitrogens is 1. The second kappa shape index (κ2) is 10.3. The zero-order valence-corrected chi connectivity index (χ0v) is 21.0. The highest BCUT2D eigenvalue weighted by Gasteiger charge is 2.41. The molecule has 0 amide bonds. The number of nitrogens with zero attached hydrogens (tertiary/aromatic N) is 1. The molecular formula is C29H18F7NOS. The zero-order chi connectivity index (χ0) is 27.9. The highest BCUT2D eigenvalue weighted by molar-refractivity contribution is 7.21. The standard InChI is InChI=1S/C29H18F7NOS/c1-15-2-4-16(5-3-15)6-7-17-8-9-24-25(10-17)39-28(37-24)18-11-20(30)26(21(31)12-18)29(35,36)38-19-13-22(32)27(34)23(33)14-19/h2-5,8-14H,6-7H2,1H3. The Balaban J connectivity index is 1.39. The topological polar surface area (TPSA) is 22.1 Å². The lowest BCUT2D eigenvalue weighted by Gasteiger charge is -2.20. The van der Waals surface area contributed by atoms with Crippen molar-refractivity contribution in [1.82, 2.24) is 4.98 Å². The average Bonchev–Trinajstić information content (AvgIpc) is 3.29. The number of ether oxygens (including phenoxy) is 1. The summed E-state index contributed by atoms with van der Waals surface area (Å²) in [6.45, 7) is 2.02. The van der Waals surface area contributed by atoms with Gasteiger partial charge in [0, 0.05) is 17.7 Å². The van der Waals surface area contributed by atoms with E-state index in [1.54, 1.807) is 6.07 Å². The molecule has 0 saturated carbocycles. The van der Waals surface area contributed by atoms with E-state index in [0.717, 1.165) is 34.4 Å². The Morgan fingerprint density at radius 3 is 1.97 bits per heavy atom. The summed E-state index contributed by atoms with van der Waals surface area (Å²) in [5.41, 5.74) is 2.13. The van der Waals surface area contributed by atoms with Gasteiger partial charge in [-0.25, -0.2) is 26.9 Å². The van der Waals surface area contributed by atoms with Crippen molar-refractivity contribution in [2.24, 2.45) is 0 Å². The van der Waals surface area contributed by atoms with Crippen molar-refractivity contribution < 1.29 is 35.5 Å². The van der Waals surface area contributed by atoms with Crippen LogP contribution in [-0.4, -0.2) is 4.98 Å². The number of aryl methyl sites for hydroxylation is 3. The third kappa shape index (κ3) is 5.61. The van der Waals surface area contributed by atoms with Gasteiger partial charge in [-0.05, 0) is 55.2 Å². The van der Waals surface area contributed by atoms with Crippen LogP contribution in [0.3, 0.4) is 0 Å². The predicted molar refractivity (Wildman–Crippen MR) is 134 cm³/mol. The fraction of sp³-hybridized carbons (Fsp3) is 0.138. The van der Waals surface area contributed by atoms with Crippen LogP contribution in [0.4, 0.5) is 30.7 Å². The largest absolute Gasteiger partial charge is 0.432 e. The molecule has 200 valence electrons. The molecule has 0 aliphatic rings. The highest BCUT2D eigenvalue weighted by atomic mass is 32.1. The second-order valence-corrected chi connectivity index (χ2v) is 9.97. The summed E-state index contributed by atoms with van der Waals surface area (Å²) in [7, 11) is 0. The molecule has 0 unspecified atom stereocenters. The van der Waals surface area contributed by atoms with E-state index in [1.807, 2.05) is 31.2 Å². The third-order valence-corrected chi connectivity index (χ3v) is 7.13. The number of rotatable bonds is 7. The quantitative estimate of drug-likeness (QED) is 0.146. The number of hydrogen-bond donors (Lipinski definition) is 0. The first-order chi connectivity index (χ1) is 18.5. The van der Waals surface area contributed by atoms with Gasteiger partial charge in [0.1, 0.15) is 28.0 Å².